The number of hydrogen-bond donors (Lipinski definition) is 1. The summed E-state index contributed by atoms with van der Waals surface area (Å²) in [4.78, 5) is 32.6. The van der Waals surface area contributed by atoms with Gasteiger partial charge in [0.2, 0.25) is 0 Å². The second-order valence-corrected chi connectivity index (χ2v) is 9.05. The molecule has 4 rings (SSSR count). The number of rotatable bonds is 7. The molecule has 6 nitrogen and oxygen atoms in total. The number of aromatic nitrogens is 1. The Hall–Kier alpha value is -3.45. The Balaban J connectivity index is 1.78. The number of carbonyl (C=O) groups excluding carboxylic acids is 2. The summed E-state index contributed by atoms with van der Waals surface area (Å²) in [5.74, 6) is -0.602. The number of Topliss-reactive ketones (excluding diaryl/α,β-unsaturated/α-hetero) is 1. The molecule has 1 fully saturated rings. The third kappa shape index (κ3) is 4.43. The summed E-state index contributed by atoms with van der Waals surface area (Å²) in [6.45, 7) is 4.91. The van der Waals surface area contributed by atoms with Crippen molar-refractivity contribution >= 4 is 28.8 Å². The largest absolute Gasteiger partial charge is 0.507 e. The van der Waals surface area contributed by atoms with Crippen LogP contribution in [0.4, 0.5) is 0 Å². The van der Waals surface area contributed by atoms with Crippen molar-refractivity contribution in [3.63, 3.8) is 0 Å². The van der Waals surface area contributed by atoms with E-state index in [1.807, 2.05) is 31.4 Å². The number of likely N-dealkylation sites (tertiary alicyclic amines) is 1. The van der Waals surface area contributed by atoms with Crippen molar-refractivity contribution in [3.05, 3.63) is 87.9 Å². The number of nitrogens with zero attached hydrogens (tertiary/aromatic N) is 2. The molecule has 1 atom stereocenters. The van der Waals surface area contributed by atoms with Gasteiger partial charge in [0.1, 0.15) is 11.5 Å². The third-order valence-corrected chi connectivity index (χ3v) is 6.02. The Morgan fingerprint density at radius 2 is 1.94 bits per heavy atom. The average molecular weight is 449 g/mol. The van der Waals surface area contributed by atoms with Crippen LogP contribution in [0.25, 0.3) is 5.76 Å². The van der Waals surface area contributed by atoms with Gasteiger partial charge in [-0.25, -0.2) is 0 Å². The van der Waals surface area contributed by atoms with Gasteiger partial charge in [0, 0.05) is 22.8 Å². The molecule has 1 aromatic carbocycles. The molecular weight excluding hydrogens is 424 g/mol. The Bertz CT molecular complexity index is 1140. The highest BCUT2D eigenvalue weighted by molar-refractivity contribution is 7.09. The maximum atomic E-state index is 13.1. The van der Waals surface area contributed by atoms with Crippen molar-refractivity contribution in [2.24, 2.45) is 5.92 Å². The molecular formula is C25H24N2O4S. The monoisotopic (exact) mass is 448 g/mol. The van der Waals surface area contributed by atoms with E-state index in [0.29, 0.717) is 29.4 Å². The van der Waals surface area contributed by atoms with Crippen LogP contribution in [0.3, 0.4) is 0 Å². The van der Waals surface area contributed by atoms with Crippen molar-refractivity contribution in [2.75, 3.05) is 6.61 Å². The molecule has 0 aliphatic carbocycles. The van der Waals surface area contributed by atoms with Gasteiger partial charge in [-0.1, -0.05) is 32.0 Å². The third-order valence-electron chi connectivity index (χ3n) is 5.16. The Labute approximate surface area is 190 Å². The molecule has 0 radical (unpaired) electrons. The van der Waals surface area contributed by atoms with E-state index in [0.717, 1.165) is 4.88 Å². The molecule has 3 aromatic rings. The molecule has 164 valence electrons. The van der Waals surface area contributed by atoms with E-state index >= 15 is 0 Å². The van der Waals surface area contributed by atoms with Crippen LogP contribution >= 0.6 is 11.3 Å². The van der Waals surface area contributed by atoms with Gasteiger partial charge < -0.3 is 14.7 Å². The number of aliphatic hydroxyl groups excluding tert-OH is 1. The molecule has 32 heavy (non-hydrogen) atoms. The first-order valence-corrected chi connectivity index (χ1v) is 11.3. The Morgan fingerprint density at radius 3 is 2.62 bits per heavy atom. The van der Waals surface area contributed by atoms with E-state index < -0.39 is 17.7 Å². The Kier molecular flexibility index (Phi) is 6.37. The summed E-state index contributed by atoms with van der Waals surface area (Å²) in [7, 11) is 0. The molecule has 1 N–H and O–H groups in total. The second kappa shape index (κ2) is 9.36. The van der Waals surface area contributed by atoms with Crippen LogP contribution < -0.4 is 4.74 Å². The molecule has 1 amide bonds. The van der Waals surface area contributed by atoms with Gasteiger partial charge >= 0.3 is 0 Å². The molecule has 0 saturated carbocycles. The van der Waals surface area contributed by atoms with Crippen LogP contribution in [0.2, 0.25) is 0 Å². The highest BCUT2D eigenvalue weighted by Gasteiger charge is 2.46. The predicted octanol–water partition coefficient (Wildman–Crippen LogP) is 4.80. The van der Waals surface area contributed by atoms with E-state index in [1.54, 1.807) is 48.8 Å². The van der Waals surface area contributed by atoms with Gasteiger partial charge in [0.15, 0.2) is 0 Å². The number of thiophene rings is 1. The number of ketones is 1. The van der Waals surface area contributed by atoms with E-state index in [2.05, 4.69) is 4.98 Å². The van der Waals surface area contributed by atoms with Crippen molar-refractivity contribution in [3.8, 4) is 5.75 Å². The van der Waals surface area contributed by atoms with Crippen molar-refractivity contribution in [2.45, 2.75) is 26.4 Å². The summed E-state index contributed by atoms with van der Waals surface area (Å²) < 4.78 is 5.77. The van der Waals surface area contributed by atoms with Gasteiger partial charge in [-0.05, 0) is 47.2 Å². The topological polar surface area (TPSA) is 79.7 Å². The standard InChI is InChI=1S/C25H24N2O4S/c1-16(2)15-31-19-6-3-5-18(13-19)23(28)21-22(17-8-10-26-11-9-17)27(25(30)24(21)29)14-20-7-4-12-32-20/h3-13,16,22,28H,14-15H2,1-2H3/b23-21-. The lowest BCUT2D eigenvalue weighted by Gasteiger charge is -2.24. The quantitative estimate of drug-likeness (QED) is 0.319. The zero-order valence-electron chi connectivity index (χ0n) is 17.9. The smallest absolute Gasteiger partial charge is 0.295 e. The lowest BCUT2D eigenvalue weighted by Crippen LogP contribution is -2.28. The first-order valence-electron chi connectivity index (χ1n) is 10.4. The number of carbonyl (C=O) groups is 2. The molecule has 1 aliphatic rings. The number of pyridine rings is 1. The summed E-state index contributed by atoms with van der Waals surface area (Å²) in [6, 6.07) is 13.6. The van der Waals surface area contributed by atoms with E-state index in [-0.39, 0.29) is 17.9 Å². The van der Waals surface area contributed by atoms with Gasteiger partial charge in [-0.15, -0.1) is 11.3 Å². The maximum absolute atomic E-state index is 13.1. The molecule has 0 spiro atoms. The van der Waals surface area contributed by atoms with Crippen LogP contribution in [0.15, 0.2) is 71.9 Å². The normalized spacial score (nSPS) is 17.8. The van der Waals surface area contributed by atoms with E-state index in [4.69, 9.17) is 4.74 Å². The predicted molar refractivity (Wildman–Crippen MR) is 123 cm³/mol. The first-order chi connectivity index (χ1) is 15.5. The van der Waals surface area contributed by atoms with Gasteiger partial charge in [-0.3, -0.25) is 14.6 Å². The van der Waals surface area contributed by atoms with Crippen LogP contribution in [0.1, 0.15) is 35.9 Å². The van der Waals surface area contributed by atoms with E-state index in [9.17, 15) is 14.7 Å². The minimum absolute atomic E-state index is 0.0683. The lowest BCUT2D eigenvalue weighted by molar-refractivity contribution is -0.140. The number of amides is 1. The number of benzene rings is 1. The van der Waals surface area contributed by atoms with Gasteiger partial charge in [0.05, 0.1) is 24.8 Å². The summed E-state index contributed by atoms with van der Waals surface area (Å²) in [5.41, 5.74) is 1.21. The second-order valence-electron chi connectivity index (χ2n) is 8.02. The molecule has 3 heterocycles. The van der Waals surface area contributed by atoms with Crippen molar-refractivity contribution in [1.82, 2.24) is 9.88 Å². The molecule has 1 saturated heterocycles. The van der Waals surface area contributed by atoms with Gasteiger partial charge in [-0.2, -0.15) is 0 Å². The molecule has 2 aromatic heterocycles. The fourth-order valence-corrected chi connectivity index (χ4v) is 4.36. The Morgan fingerprint density at radius 1 is 1.16 bits per heavy atom. The maximum Gasteiger partial charge on any atom is 0.295 e. The molecule has 1 unspecified atom stereocenters. The van der Waals surface area contributed by atoms with E-state index in [1.165, 1.54) is 16.2 Å². The molecule has 1 aliphatic heterocycles. The summed E-state index contributed by atoms with van der Waals surface area (Å²) in [5, 5.41) is 13.1. The highest BCUT2D eigenvalue weighted by atomic mass is 32.1. The number of ether oxygens (including phenoxy) is 1. The van der Waals surface area contributed by atoms with Gasteiger partial charge in [0.25, 0.3) is 11.7 Å². The molecule has 7 heteroatoms. The lowest BCUT2D eigenvalue weighted by atomic mass is 9.96. The fraction of sp³-hybridized carbons (Fsp3) is 0.240. The minimum atomic E-state index is -0.708. The van der Waals surface area contributed by atoms with Crippen LogP contribution in [0, 0.1) is 5.92 Å². The number of aliphatic hydroxyl groups is 1. The van der Waals surface area contributed by atoms with Crippen LogP contribution in [-0.2, 0) is 16.1 Å². The zero-order chi connectivity index (χ0) is 22.7. The first kappa shape index (κ1) is 21.8. The summed E-state index contributed by atoms with van der Waals surface area (Å²) in [6.07, 6.45) is 3.22. The number of hydrogen-bond acceptors (Lipinski definition) is 6. The fourth-order valence-electron chi connectivity index (χ4n) is 3.66. The zero-order valence-corrected chi connectivity index (χ0v) is 18.7. The average Bonchev–Trinajstić information content (AvgIpc) is 3.40. The summed E-state index contributed by atoms with van der Waals surface area (Å²) >= 11 is 1.51. The van der Waals surface area contributed by atoms with Crippen molar-refractivity contribution < 1.29 is 19.4 Å². The van der Waals surface area contributed by atoms with Crippen molar-refractivity contribution in [1.29, 1.82) is 0 Å². The van der Waals surface area contributed by atoms with Crippen LogP contribution in [-0.4, -0.2) is 33.3 Å². The van der Waals surface area contributed by atoms with Crippen LogP contribution in [0.5, 0.6) is 5.75 Å². The molecule has 0 bridgehead atoms. The SMILES string of the molecule is CC(C)COc1cccc(/C(O)=C2/C(=O)C(=O)N(Cc3cccs3)C2c2ccncc2)c1. The highest BCUT2D eigenvalue weighted by Crippen LogP contribution is 2.40. The minimum Gasteiger partial charge on any atom is -0.507 e.